The smallest absolute Gasteiger partial charge is 0.235 e. The third-order valence-electron chi connectivity index (χ3n) is 9.44. The van der Waals surface area contributed by atoms with Crippen LogP contribution in [0.2, 0.25) is 0 Å². The van der Waals surface area contributed by atoms with Crippen LogP contribution in [0.1, 0.15) is 0 Å². The molecule has 9 aromatic rings. The van der Waals surface area contributed by atoms with Crippen LogP contribution in [0.3, 0.4) is 0 Å². The minimum atomic E-state index is 0.619. The van der Waals surface area contributed by atoms with Crippen molar-refractivity contribution < 1.29 is 4.74 Å². The molecule has 0 saturated carbocycles. The van der Waals surface area contributed by atoms with Gasteiger partial charge in [-0.2, -0.15) is 0 Å². The Morgan fingerprint density at radius 3 is 1.90 bits per heavy atom. The van der Waals surface area contributed by atoms with Crippen molar-refractivity contribution in [3.63, 3.8) is 0 Å². The van der Waals surface area contributed by atoms with Gasteiger partial charge in [-0.05, 0) is 52.2 Å². The summed E-state index contributed by atoms with van der Waals surface area (Å²) < 4.78 is 8.78. The number of ether oxygens (including phenoxy) is 1. The average Bonchev–Trinajstić information content (AvgIpc) is 3.42. The van der Waals surface area contributed by atoms with Crippen molar-refractivity contribution >= 4 is 32.6 Å². The summed E-state index contributed by atoms with van der Waals surface area (Å²) >= 11 is 0. The highest BCUT2D eigenvalue weighted by molar-refractivity contribution is 6.08. The van der Waals surface area contributed by atoms with Gasteiger partial charge in [0.15, 0.2) is 0 Å². The van der Waals surface area contributed by atoms with Gasteiger partial charge in [0.2, 0.25) is 5.95 Å². The molecule has 1 aliphatic rings. The van der Waals surface area contributed by atoms with Crippen LogP contribution in [0.15, 0.2) is 164 Å². The van der Waals surface area contributed by atoms with Gasteiger partial charge in [-0.15, -0.1) is 0 Å². The van der Waals surface area contributed by atoms with Crippen LogP contribution >= 0.6 is 0 Å². The summed E-state index contributed by atoms with van der Waals surface area (Å²) in [5.41, 5.74) is 10.4. The van der Waals surface area contributed by atoms with Gasteiger partial charge in [0.25, 0.3) is 0 Å². The molecular formula is C44H27N3O. The van der Waals surface area contributed by atoms with E-state index < -0.39 is 0 Å². The normalized spacial score (nSPS) is 11.9. The molecule has 0 saturated heterocycles. The summed E-state index contributed by atoms with van der Waals surface area (Å²) in [5.74, 6) is 2.25. The van der Waals surface area contributed by atoms with Gasteiger partial charge in [-0.1, -0.05) is 133 Å². The Morgan fingerprint density at radius 1 is 0.438 bits per heavy atom. The lowest BCUT2D eigenvalue weighted by atomic mass is 9.96. The van der Waals surface area contributed by atoms with Gasteiger partial charge in [-0.3, -0.25) is 4.57 Å². The molecule has 4 heteroatoms. The van der Waals surface area contributed by atoms with E-state index in [-0.39, 0.29) is 0 Å². The van der Waals surface area contributed by atoms with E-state index in [1.54, 1.807) is 0 Å². The van der Waals surface area contributed by atoms with Crippen LogP contribution in [0.5, 0.6) is 11.5 Å². The molecule has 0 atom stereocenters. The van der Waals surface area contributed by atoms with Crippen molar-refractivity contribution in [1.29, 1.82) is 0 Å². The summed E-state index contributed by atoms with van der Waals surface area (Å²) in [7, 11) is 0. The Bertz CT molecular complexity index is 2700. The zero-order valence-corrected chi connectivity index (χ0v) is 25.8. The van der Waals surface area contributed by atoms with Gasteiger partial charge in [0.05, 0.1) is 22.4 Å². The topological polar surface area (TPSA) is 39.9 Å². The van der Waals surface area contributed by atoms with E-state index in [2.05, 4.69) is 138 Å². The van der Waals surface area contributed by atoms with E-state index >= 15 is 0 Å². The van der Waals surface area contributed by atoms with Gasteiger partial charge < -0.3 is 4.74 Å². The summed E-state index contributed by atoms with van der Waals surface area (Å²) in [4.78, 5) is 10.6. The van der Waals surface area contributed by atoms with Gasteiger partial charge in [0.1, 0.15) is 11.5 Å². The average molecular weight is 614 g/mol. The molecule has 2 aromatic heterocycles. The predicted octanol–water partition coefficient (Wildman–Crippen LogP) is 11.5. The quantitative estimate of drug-likeness (QED) is 0.199. The highest BCUT2D eigenvalue weighted by Gasteiger charge is 2.29. The lowest BCUT2D eigenvalue weighted by Crippen LogP contribution is -2.05. The summed E-state index contributed by atoms with van der Waals surface area (Å²) in [6.45, 7) is 0. The molecule has 1 aliphatic heterocycles. The number of benzene rings is 7. The Morgan fingerprint density at radius 2 is 1.04 bits per heavy atom. The molecule has 3 heterocycles. The van der Waals surface area contributed by atoms with Gasteiger partial charge in [-0.25, -0.2) is 9.97 Å². The van der Waals surface area contributed by atoms with Crippen LogP contribution in [0, 0.1) is 0 Å². The van der Waals surface area contributed by atoms with Crippen molar-refractivity contribution in [2.75, 3.05) is 0 Å². The molecule has 0 radical (unpaired) electrons. The number of nitrogens with zero attached hydrogens (tertiary/aromatic N) is 3. The van der Waals surface area contributed by atoms with E-state index in [1.807, 2.05) is 30.3 Å². The Hall–Kier alpha value is -6.52. The number of rotatable bonds is 3. The van der Waals surface area contributed by atoms with Crippen LogP contribution in [0.25, 0.3) is 83.3 Å². The van der Waals surface area contributed by atoms with Crippen molar-refractivity contribution in [1.82, 2.24) is 14.5 Å². The molecule has 4 nitrogen and oxygen atoms in total. The van der Waals surface area contributed by atoms with Crippen molar-refractivity contribution in [3.05, 3.63) is 164 Å². The van der Waals surface area contributed by atoms with E-state index in [9.17, 15) is 0 Å². The number of aromatic nitrogens is 3. The van der Waals surface area contributed by atoms with Crippen LogP contribution in [-0.2, 0) is 0 Å². The Labute approximate surface area is 277 Å². The molecule has 7 aromatic carbocycles. The second kappa shape index (κ2) is 10.5. The van der Waals surface area contributed by atoms with E-state index in [0.29, 0.717) is 5.95 Å². The minimum absolute atomic E-state index is 0.619. The number of para-hydroxylation sites is 4. The molecule has 10 rings (SSSR count). The maximum atomic E-state index is 6.57. The first-order valence-corrected chi connectivity index (χ1v) is 16.2. The monoisotopic (exact) mass is 613 g/mol. The van der Waals surface area contributed by atoms with E-state index in [1.165, 1.54) is 21.9 Å². The Kier molecular flexibility index (Phi) is 5.84. The second-order valence-electron chi connectivity index (χ2n) is 12.2. The third-order valence-corrected chi connectivity index (χ3v) is 9.44. The third kappa shape index (κ3) is 4.03. The molecule has 0 unspecified atom stereocenters. The van der Waals surface area contributed by atoms with Crippen molar-refractivity contribution in [2.45, 2.75) is 0 Å². The summed E-state index contributed by atoms with van der Waals surface area (Å²) in [6.07, 6.45) is 0. The number of hydrogen-bond donors (Lipinski definition) is 0. The minimum Gasteiger partial charge on any atom is -0.456 e. The highest BCUT2D eigenvalue weighted by atomic mass is 16.5. The SMILES string of the molecule is c1ccc2c(c1)Oc1ccccc1-c1c-2c2ccccc2n1-c1nc(-c2ccc(-c3cccc4ccccc34)cc2)c2ccccc2n1. The zero-order valence-electron chi connectivity index (χ0n) is 25.8. The first-order chi connectivity index (χ1) is 23.8. The van der Waals surface area contributed by atoms with Gasteiger partial charge in [0, 0.05) is 33.0 Å². The van der Waals surface area contributed by atoms with E-state index in [0.717, 1.165) is 66.9 Å². The standard InChI is InChI=1S/C44H27N3O/c1-2-14-31-28(12-1)13-11-19-32(31)29-24-26-30(27-25-29)42-33-15-3-7-20-37(33)45-44(46-42)47-38-21-8-4-16-34(38)41-35-17-5-9-22-39(35)48-40-23-10-6-18-36(40)43(41)47/h1-27H. The van der Waals surface area contributed by atoms with Gasteiger partial charge >= 0.3 is 0 Å². The molecule has 0 aliphatic carbocycles. The van der Waals surface area contributed by atoms with Crippen molar-refractivity contribution in [3.8, 4) is 62.2 Å². The maximum absolute atomic E-state index is 6.57. The van der Waals surface area contributed by atoms with Crippen LogP contribution < -0.4 is 4.74 Å². The first kappa shape index (κ1) is 26.7. The number of hydrogen-bond acceptors (Lipinski definition) is 3. The van der Waals surface area contributed by atoms with Crippen molar-refractivity contribution in [2.24, 2.45) is 0 Å². The lowest BCUT2D eigenvalue weighted by molar-refractivity contribution is 0.487. The molecular weight excluding hydrogens is 587 g/mol. The van der Waals surface area contributed by atoms with Crippen LogP contribution in [0.4, 0.5) is 0 Å². The molecule has 0 N–H and O–H groups in total. The molecule has 224 valence electrons. The highest BCUT2D eigenvalue weighted by Crippen LogP contribution is 2.51. The molecule has 0 bridgehead atoms. The fraction of sp³-hybridized carbons (Fsp3) is 0. The summed E-state index contributed by atoms with van der Waals surface area (Å²) in [6, 6.07) is 57.1. The fourth-order valence-electron chi connectivity index (χ4n) is 7.28. The van der Waals surface area contributed by atoms with Crippen LogP contribution in [-0.4, -0.2) is 14.5 Å². The largest absolute Gasteiger partial charge is 0.456 e. The number of fused-ring (bicyclic) bond motifs is 9. The molecule has 0 spiro atoms. The zero-order chi connectivity index (χ0) is 31.6. The molecule has 48 heavy (non-hydrogen) atoms. The van der Waals surface area contributed by atoms with E-state index in [4.69, 9.17) is 14.7 Å². The Balaban J connectivity index is 1.23. The lowest BCUT2D eigenvalue weighted by Gasteiger charge is -2.15. The molecule has 0 fully saturated rings. The predicted molar refractivity (Wildman–Crippen MR) is 196 cm³/mol. The summed E-state index contributed by atoms with van der Waals surface area (Å²) in [5, 5.41) is 4.61. The maximum Gasteiger partial charge on any atom is 0.235 e. The fourth-order valence-corrected chi connectivity index (χ4v) is 7.28. The molecule has 0 amide bonds. The first-order valence-electron chi connectivity index (χ1n) is 16.2. The second-order valence-corrected chi connectivity index (χ2v) is 12.2.